The number of nitrogens with zero attached hydrogens (tertiary/aromatic N) is 2. The van der Waals surface area contributed by atoms with Gasteiger partial charge in [-0.25, -0.2) is 9.97 Å². The Morgan fingerprint density at radius 2 is 1.77 bits per heavy atom. The second kappa shape index (κ2) is 10.2. The van der Waals surface area contributed by atoms with Gasteiger partial charge in [-0.2, -0.15) is 0 Å². The first-order chi connectivity index (χ1) is 14.8. The Balaban J connectivity index is 1.39. The summed E-state index contributed by atoms with van der Waals surface area (Å²) in [4.78, 5) is 21.8. The predicted molar refractivity (Wildman–Crippen MR) is 118 cm³/mol. The van der Waals surface area contributed by atoms with E-state index in [1.807, 2.05) is 30.3 Å². The molecule has 1 fully saturated rings. The third kappa shape index (κ3) is 5.33. The number of nitrogens with one attached hydrogen (secondary N) is 2. The number of carbonyl (C=O) groups excluding carboxylic acids is 1. The van der Waals surface area contributed by atoms with Crippen molar-refractivity contribution < 1.29 is 9.53 Å². The predicted octanol–water partition coefficient (Wildman–Crippen LogP) is 3.72. The molecule has 0 saturated carbocycles. The van der Waals surface area contributed by atoms with Gasteiger partial charge in [0.25, 0.3) is 0 Å². The molecule has 4 rings (SSSR count). The number of carbonyl (C=O) groups is 1. The maximum atomic E-state index is 12.4. The summed E-state index contributed by atoms with van der Waals surface area (Å²) in [7, 11) is 0. The third-order valence-corrected chi connectivity index (χ3v) is 5.44. The Hall–Kier alpha value is -2.99. The van der Waals surface area contributed by atoms with E-state index in [1.165, 1.54) is 5.56 Å². The first-order valence-corrected chi connectivity index (χ1v) is 10.7. The average Bonchev–Trinajstić information content (AvgIpc) is 2.81. The first-order valence-electron chi connectivity index (χ1n) is 10.7. The number of amides is 1. The summed E-state index contributed by atoms with van der Waals surface area (Å²) >= 11 is 0. The Morgan fingerprint density at radius 1 is 1.00 bits per heavy atom. The van der Waals surface area contributed by atoms with E-state index >= 15 is 0 Å². The summed E-state index contributed by atoms with van der Waals surface area (Å²) in [6.45, 7) is 2.46. The summed E-state index contributed by atoms with van der Waals surface area (Å²) in [6, 6.07) is 18.5. The van der Waals surface area contributed by atoms with Crippen molar-refractivity contribution in [2.24, 2.45) is 5.92 Å². The summed E-state index contributed by atoms with van der Waals surface area (Å²) in [5.74, 6) is 1.53. The minimum Gasteiger partial charge on any atom is -0.381 e. The molecule has 1 aliphatic heterocycles. The van der Waals surface area contributed by atoms with Crippen molar-refractivity contribution in [1.29, 1.82) is 0 Å². The highest BCUT2D eigenvalue weighted by Crippen LogP contribution is 2.20. The fourth-order valence-electron chi connectivity index (χ4n) is 3.75. The molecule has 2 heterocycles. The van der Waals surface area contributed by atoms with Crippen molar-refractivity contribution in [3.05, 3.63) is 66.0 Å². The molecule has 3 aromatic rings. The summed E-state index contributed by atoms with van der Waals surface area (Å²) in [5, 5.41) is 7.47. The molecule has 0 spiro atoms. The first kappa shape index (κ1) is 20.3. The van der Waals surface area contributed by atoms with Crippen molar-refractivity contribution in [1.82, 2.24) is 15.3 Å². The molecular weight excluding hydrogens is 376 g/mol. The van der Waals surface area contributed by atoms with Gasteiger partial charge < -0.3 is 15.4 Å². The average molecular weight is 405 g/mol. The van der Waals surface area contributed by atoms with E-state index < -0.39 is 0 Å². The number of para-hydroxylation sites is 1. The lowest BCUT2D eigenvalue weighted by molar-refractivity contribution is -0.128. The number of hydrogen-bond donors (Lipinski definition) is 2. The van der Waals surface area contributed by atoms with Crippen LogP contribution in [-0.4, -0.2) is 35.6 Å². The van der Waals surface area contributed by atoms with Crippen molar-refractivity contribution in [3.8, 4) is 0 Å². The molecule has 1 amide bonds. The Labute approximate surface area is 177 Å². The van der Waals surface area contributed by atoms with Crippen LogP contribution < -0.4 is 10.6 Å². The quantitative estimate of drug-likeness (QED) is 0.560. The van der Waals surface area contributed by atoms with Gasteiger partial charge in [0.15, 0.2) is 5.82 Å². The normalized spacial score (nSPS) is 14.5. The zero-order valence-electron chi connectivity index (χ0n) is 17.1. The van der Waals surface area contributed by atoms with Crippen molar-refractivity contribution >= 4 is 22.6 Å². The van der Waals surface area contributed by atoms with Crippen LogP contribution in [0, 0.1) is 5.92 Å². The van der Waals surface area contributed by atoms with Crippen LogP contribution in [0.25, 0.3) is 10.9 Å². The summed E-state index contributed by atoms with van der Waals surface area (Å²) in [6.07, 6.45) is 3.58. The largest absolute Gasteiger partial charge is 0.381 e. The number of aromatic nitrogens is 2. The number of benzene rings is 2. The van der Waals surface area contributed by atoms with E-state index in [0.29, 0.717) is 25.6 Å². The molecule has 0 radical (unpaired) electrons. The minimum atomic E-state index is 0.0230. The van der Waals surface area contributed by atoms with Gasteiger partial charge in [0.05, 0.1) is 12.1 Å². The van der Waals surface area contributed by atoms with Crippen LogP contribution in [0.1, 0.15) is 30.7 Å². The standard InChI is InChI=1S/C24H28N4O2/c29-24(19-12-15-30-16-13-19)26-17-22-27-21-11-5-4-10-20(21)23(28-22)25-14-6-9-18-7-2-1-3-8-18/h1-5,7-8,10-11,19H,6,9,12-17H2,(H,26,29)(H,25,27,28). The van der Waals surface area contributed by atoms with Gasteiger partial charge in [0.2, 0.25) is 5.91 Å². The molecule has 1 saturated heterocycles. The maximum Gasteiger partial charge on any atom is 0.223 e. The van der Waals surface area contributed by atoms with Gasteiger partial charge in [-0.15, -0.1) is 0 Å². The highest BCUT2D eigenvalue weighted by molar-refractivity contribution is 5.89. The number of anilines is 1. The van der Waals surface area contributed by atoms with E-state index in [0.717, 1.165) is 48.9 Å². The zero-order chi connectivity index (χ0) is 20.6. The van der Waals surface area contributed by atoms with Crippen LogP contribution >= 0.6 is 0 Å². The van der Waals surface area contributed by atoms with Crippen molar-refractivity contribution in [3.63, 3.8) is 0 Å². The molecule has 0 unspecified atom stereocenters. The van der Waals surface area contributed by atoms with Gasteiger partial charge in [0.1, 0.15) is 5.82 Å². The van der Waals surface area contributed by atoms with E-state index in [4.69, 9.17) is 9.72 Å². The molecule has 6 heteroatoms. The number of rotatable bonds is 8. The lowest BCUT2D eigenvalue weighted by Crippen LogP contribution is -2.34. The lowest BCUT2D eigenvalue weighted by atomic mass is 9.99. The SMILES string of the molecule is O=C(NCc1nc(NCCCc2ccccc2)c2ccccc2n1)C1CCOCC1. The maximum absolute atomic E-state index is 12.4. The van der Waals surface area contributed by atoms with E-state index in [-0.39, 0.29) is 11.8 Å². The van der Waals surface area contributed by atoms with Gasteiger partial charge in [-0.3, -0.25) is 4.79 Å². The number of ether oxygens (including phenoxy) is 1. The molecule has 156 valence electrons. The van der Waals surface area contributed by atoms with Crippen LogP contribution in [0.2, 0.25) is 0 Å². The Kier molecular flexibility index (Phi) is 6.87. The van der Waals surface area contributed by atoms with Crippen LogP contribution in [0.3, 0.4) is 0 Å². The molecule has 2 aromatic carbocycles. The topological polar surface area (TPSA) is 76.1 Å². The zero-order valence-corrected chi connectivity index (χ0v) is 17.1. The van der Waals surface area contributed by atoms with Crippen LogP contribution in [0.15, 0.2) is 54.6 Å². The lowest BCUT2D eigenvalue weighted by Gasteiger charge is -2.21. The van der Waals surface area contributed by atoms with Crippen LogP contribution in [0.5, 0.6) is 0 Å². The fraction of sp³-hybridized carbons (Fsp3) is 0.375. The highest BCUT2D eigenvalue weighted by atomic mass is 16.5. The van der Waals surface area contributed by atoms with Crippen LogP contribution in [-0.2, 0) is 22.5 Å². The van der Waals surface area contributed by atoms with Crippen molar-refractivity contribution in [2.75, 3.05) is 25.1 Å². The molecule has 0 atom stereocenters. The third-order valence-electron chi connectivity index (χ3n) is 5.44. The van der Waals surface area contributed by atoms with Crippen molar-refractivity contribution in [2.45, 2.75) is 32.2 Å². The van der Waals surface area contributed by atoms with Crippen LogP contribution in [0.4, 0.5) is 5.82 Å². The van der Waals surface area contributed by atoms with Gasteiger partial charge >= 0.3 is 0 Å². The van der Waals surface area contributed by atoms with Gasteiger partial charge in [0, 0.05) is 31.1 Å². The molecule has 1 aliphatic rings. The minimum absolute atomic E-state index is 0.0230. The van der Waals surface area contributed by atoms with Gasteiger partial charge in [-0.05, 0) is 43.4 Å². The van der Waals surface area contributed by atoms with E-state index in [1.54, 1.807) is 0 Å². The number of hydrogen-bond acceptors (Lipinski definition) is 5. The Bertz CT molecular complexity index is 971. The molecule has 0 bridgehead atoms. The summed E-state index contributed by atoms with van der Waals surface area (Å²) < 4.78 is 5.34. The summed E-state index contributed by atoms with van der Waals surface area (Å²) in [5.41, 5.74) is 2.22. The second-order valence-electron chi connectivity index (χ2n) is 7.63. The molecule has 0 aliphatic carbocycles. The number of fused-ring (bicyclic) bond motifs is 1. The second-order valence-corrected chi connectivity index (χ2v) is 7.63. The van der Waals surface area contributed by atoms with Gasteiger partial charge in [-0.1, -0.05) is 42.5 Å². The molecule has 1 aromatic heterocycles. The smallest absolute Gasteiger partial charge is 0.223 e. The molecule has 2 N–H and O–H groups in total. The monoisotopic (exact) mass is 404 g/mol. The molecule has 6 nitrogen and oxygen atoms in total. The molecular formula is C24H28N4O2. The molecule has 30 heavy (non-hydrogen) atoms. The van der Waals surface area contributed by atoms with E-state index in [2.05, 4.69) is 39.9 Å². The fourth-order valence-corrected chi connectivity index (χ4v) is 3.75. The number of aryl methyl sites for hydroxylation is 1. The highest BCUT2D eigenvalue weighted by Gasteiger charge is 2.21. The Morgan fingerprint density at radius 3 is 2.60 bits per heavy atom. The van der Waals surface area contributed by atoms with E-state index in [9.17, 15) is 4.79 Å².